The largest absolute Gasteiger partial charge is 0.377 e. The third kappa shape index (κ3) is 4.33. The lowest BCUT2D eigenvalue weighted by Gasteiger charge is -2.36. The van der Waals surface area contributed by atoms with Crippen molar-refractivity contribution < 1.29 is 9.53 Å². The summed E-state index contributed by atoms with van der Waals surface area (Å²) in [5.74, 6) is 1.75. The molecule has 2 aromatic rings. The van der Waals surface area contributed by atoms with Gasteiger partial charge < -0.3 is 25.6 Å². The summed E-state index contributed by atoms with van der Waals surface area (Å²) in [7, 11) is 0. The van der Waals surface area contributed by atoms with Crippen LogP contribution < -0.4 is 20.9 Å². The molecule has 1 atom stereocenters. The van der Waals surface area contributed by atoms with Gasteiger partial charge in [-0.15, -0.1) is 0 Å². The van der Waals surface area contributed by atoms with E-state index in [4.69, 9.17) is 14.7 Å². The molecule has 1 aromatic heterocycles. The second-order valence-corrected chi connectivity index (χ2v) is 7.40. The predicted molar refractivity (Wildman–Crippen MR) is 113 cm³/mol. The van der Waals surface area contributed by atoms with E-state index in [9.17, 15) is 4.79 Å². The molecule has 8 heteroatoms. The average Bonchev–Trinajstić information content (AvgIpc) is 2.74. The molecule has 2 aliphatic rings. The Labute approximate surface area is 171 Å². The van der Waals surface area contributed by atoms with Crippen molar-refractivity contribution in [2.75, 3.05) is 43.1 Å². The number of hydrogen-bond acceptors (Lipinski definition) is 6. The number of ether oxygens (including phenoxy) is 1. The first-order chi connectivity index (χ1) is 14.2. The molecule has 0 saturated carbocycles. The molecule has 4 rings (SSSR count). The van der Waals surface area contributed by atoms with Crippen LogP contribution in [-0.2, 0) is 17.7 Å². The Balaban J connectivity index is 1.65. The fraction of sp³-hybridized carbons (Fsp3) is 0.476. The normalized spacial score (nSPS) is 18.8. The first kappa shape index (κ1) is 19.6. The summed E-state index contributed by atoms with van der Waals surface area (Å²) in [6.07, 6.45) is 0.935. The van der Waals surface area contributed by atoms with E-state index in [1.165, 1.54) is 5.56 Å². The van der Waals surface area contributed by atoms with Crippen molar-refractivity contribution in [3.05, 3.63) is 35.5 Å². The van der Waals surface area contributed by atoms with Crippen molar-refractivity contribution in [1.82, 2.24) is 20.6 Å². The standard InChI is InChI=1S/C21H28N6O2/c1-3-23-21(28)24-16-6-4-15(5-7-16)19-25-18-12-22-9-8-17(18)20(26-19)27-10-11-29-13-14(27)2/h4-7,14,22H,3,8-13H2,1-2H3,(H2,23,24,28)/t14-/m1/s1. The second-order valence-electron chi connectivity index (χ2n) is 7.40. The van der Waals surface area contributed by atoms with Gasteiger partial charge in [-0.05, 0) is 51.1 Å². The predicted octanol–water partition coefficient (Wildman–Crippen LogP) is 2.16. The van der Waals surface area contributed by atoms with Crippen LogP contribution in [0.2, 0.25) is 0 Å². The Morgan fingerprint density at radius 1 is 1.31 bits per heavy atom. The third-order valence-corrected chi connectivity index (χ3v) is 5.29. The second kappa shape index (κ2) is 8.75. The molecule has 0 bridgehead atoms. The zero-order chi connectivity index (χ0) is 20.2. The number of morpholine rings is 1. The molecule has 29 heavy (non-hydrogen) atoms. The topological polar surface area (TPSA) is 91.4 Å². The fourth-order valence-electron chi connectivity index (χ4n) is 3.79. The molecule has 0 unspecified atom stereocenters. The van der Waals surface area contributed by atoms with Gasteiger partial charge in [0.05, 0.1) is 24.9 Å². The lowest BCUT2D eigenvalue weighted by molar-refractivity contribution is 0.0984. The summed E-state index contributed by atoms with van der Waals surface area (Å²) in [4.78, 5) is 23.9. The van der Waals surface area contributed by atoms with E-state index in [0.29, 0.717) is 19.0 Å². The van der Waals surface area contributed by atoms with Crippen molar-refractivity contribution >= 4 is 17.5 Å². The summed E-state index contributed by atoms with van der Waals surface area (Å²) >= 11 is 0. The van der Waals surface area contributed by atoms with E-state index in [1.807, 2.05) is 31.2 Å². The molecule has 1 aromatic carbocycles. The maximum absolute atomic E-state index is 11.7. The van der Waals surface area contributed by atoms with Crippen LogP contribution in [0.3, 0.4) is 0 Å². The molecular formula is C21H28N6O2. The Kier molecular flexibility index (Phi) is 5.92. The molecule has 154 valence electrons. The Morgan fingerprint density at radius 2 is 2.14 bits per heavy atom. The van der Waals surface area contributed by atoms with E-state index < -0.39 is 0 Å². The first-order valence-electron chi connectivity index (χ1n) is 10.3. The van der Waals surface area contributed by atoms with Crippen molar-refractivity contribution in [3.63, 3.8) is 0 Å². The SMILES string of the molecule is CCNC(=O)Nc1ccc(-c2nc3c(c(N4CCOC[C@H]4C)n2)CCNC3)cc1. The fourth-order valence-corrected chi connectivity index (χ4v) is 3.79. The number of amides is 2. The van der Waals surface area contributed by atoms with Crippen LogP contribution >= 0.6 is 0 Å². The number of rotatable bonds is 4. The van der Waals surface area contributed by atoms with Crippen LogP contribution in [0.25, 0.3) is 11.4 Å². The minimum atomic E-state index is -0.208. The van der Waals surface area contributed by atoms with Crippen molar-refractivity contribution in [1.29, 1.82) is 0 Å². The summed E-state index contributed by atoms with van der Waals surface area (Å²) in [5, 5.41) is 8.96. The lowest BCUT2D eigenvalue weighted by Crippen LogP contribution is -2.45. The molecule has 8 nitrogen and oxygen atoms in total. The number of nitrogens with one attached hydrogen (secondary N) is 3. The van der Waals surface area contributed by atoms with Gasteiger partial charge in [-0.2, -0.15) is 0 Å². The van der Waals surface area contributed by atoms with Gasteiger partial charge in [0.1, 0.15) is 5.82 Å². The zero-order valence-corrected chi connectivity index (χ0v) is 17.0. The van der Waals surface area contributed by atoms with Gasteiger partial charge >= 0.3 is 6.03 Å². The zero-order valence-electron chi connectivity index (χ0n) is 17.0. The van der Waals surface area contributed by atoms with Crippen LogP contribution in [0.5, 0.6) is 0 Å². The highest BCUT2D eigenvalue weighted by Gasteiger charge is 2.27. The van der Waals surface area contributed by atoms with Crippen LogP contribution in [0.15, 0.2) is 24.3 Å². The number of anilines is 2. The number of carbonyl (C=O) groups excluding carboxylic acids is 1. The van der Waals surface area contributed by atoms with Gasteiger partial charge in [-0.1, -0.05) is 0 Å². The van der Waals surface area contributed by atoms with Crippen LogP contribution in [0.1, 0.15) is 25.1 Å². The highest BCUT2D eigenvalue weighted by molar-refractivity contribution is 5.89. The van der Waals surface area contributed by atoms with Gasteiger partial charge in [-0.3, -0.25) is 0 Å². The number of fused-ring (bicyclic) bond motifs is 1. The molecule has 1 saturated heterocycles. The number of aromatic nitrogens is 2. The van der Waals surface area contributed by atoms with E-state index in [-0.39, 0.29) is 12.1 Å². The Hall–Kier alpha value is -2.71. The quantitative estimate of drug-likeness (QED) is 0.734. The summed E-state index contributed by atoms with van der Waals surface area (Å²) < 4.78 is 5.62. The first-order valence-corrected chi connectivity index (χ1v) is 10.3. The Bertz CT molecular complexity index is 870. The number of urea groups is 1. The minimum absolute atomic E-state index is 0.208. The van der Waals surface area contributed by atoms with E-state index >= 15 is 0 Å². The Morgan fingerprint density at radius 3 is 2.90 bits per heavy atom. The number of benzene rings is 1. The van der Waals surface area contributed by atoms with Crippen molar-refractivity contribution in [2.45, 2.75) is 32.9 Å². The van der Waals surface area contributed by atoms with Crippen LogP contribution in [-0.4, -0.2) is 54.9 Å². The van der Waals surface area contributed by atoms with Gasteiger partial charge in [0, 0.05) is 36.4 Å². The molecule has 0 aliphatic carbocycles. The maximum atomic E-state index is 11.7. The molecular weight excluding hydrogens is 368 g/mol. The van der Waals surface area contributed by atoms with Gasteiger partial charge in [0.15, 0.2) is 5.82 Å². The highest BCUT2D eigenvalue weighted by Crippen LogP contribution is 2.30. The molecule has 2 amide bonds. The number of carbonyl (C=O) groups is 1. The number of hydrogen-bond donors (Lipinski definition) is 3. The summed E-state index contributed by atoms with van der Waals surface area (Å²) in [5.41, 5.74) is 3.98. The van der Waals surface area contributed by atoms with E-state index in [2.05, 4.69) is 27.8 Å². The molecule has 3 heterocycles. The highest BCUT2D eigenvalue weighted by atomic mass is 16.5. The molecule has 1 fully saturated rings. The van der Waals surface area contributed by atoms with Crippen molar-refractivity contribution in [2.24, 2.45) is 0 Å². The maximum Gasteiger partial charge on any atom is 0.319 e. The van der Waals surface area contributed by atoms with E-state index in [0.717, 1.165) is 55.4 Å². The monoisotopic (exact) mass is 396 g/mol. The molecule has 0 spiro atoms. The summed E-state index contributed by atoms with van der Waals surface area (Å²) in [6, 6.07) is 7.73. The summed E-state index contributed by atoms with van der Waals surface area (Å²) in [6.45, 7) is 8.63. The molecule has 2 aliphatic heterocycles. The average molecular weight is 396 g/mol. The van der Waals surface area contributed by atoms with Crippen molar-refractivity contribution in [3.8, 4) is 11.4 Å². The minimum Gasteiger partial charge on any atom is -0.377 e. The third-order valence-electron chi connectivity index (χ3n) is 5.29. The lowest BCUT2D eigenvalue weighted by atomic mass is 10.0. The van der Waals surface area contributed by atoms with Gasteiger partial charge in [0.2, 0.25) is 0 Å². The number of nitrogens with zero attached hydrogens (tertiary/aromatic N) is 3. The van der Waals surface area contributed by atoms with Gasteiger partial charge in [0.25, 0.3) is 0 Å². The van der Waals surface area contributed by atoms with Crippen LogP contribution in [0.4, 0.5) is 16.3 Å². The van der Waals surface area contributed by atoms with Gasteiger partial charge in [-0.25, -0.2) is 14.8 Å². The van der Waals surface area contributed by atoms with E-state index in [1.54, 1.807) is 0 Å². The molecule has 0 radical (unpaired) electrons. The van der Waals surface area contributed by atoms with Crippen LogP contribution in [0, 0.1) is 0 Å². The molecule has 3 N–H and O–H groups in total. The smallest absolute Gasteiger partial charge is 0.319 e.